The SMILES string of the molecule is CNCC1(Cc2ccc(I)cc2)CC1. The molecule has 1 aliphatic rings. The molecule has 0 bridgehead atoms. The highest BCUT2D eigenvalue weighted by Crippen LogP contribution is 2.47. The summed E-state index contributed by atoms with van der Waals surface area (Å²) in [6.07, 6.45) is 4.02. The first-order valence-electron chi connectivity index (χ1n) is 5.13. The molecule has 1 fully saturated rings. The zero-order chi connectivity index (χ0) is 10.0. The van der Waals surface area contributed by atoms with Crippen LogP contribution in [0.15, 0.2) is 24.3 Å². The first-order chi connectivity index (χ1) is 6.74. The van der Waals surface area contributed by atoms with E-state index in [-0.39, 0.29) is 0 Å². The maximum Gasteiger partial charge on any atom is 0.0130 e. The summed E-state index contributed by atoms with van der Waals surface area (Å²) in [5, 5.41) is 3.30. The Bertz CT molecular complexity index is 301. The van der Waals surface area contributed by atoms with Gasteiger partial charge in [0.2, 0.25) is 0 Å². The average Bonchev–Trinajstić information content (AvgIpc) is 2.90. The van der Waals surface area contributed by atoms with Crippen LogP contribution in [0.3, 0.4) is 0 Å². The summed E-state index contributed by atoms with van der Waals surface area (Å²) in [4.78, 5) is 0. The minimum absolute atomic E-state index is 0.585. The van der Waals surface area contributed by atoms with Gasteiger partial charge in [-0.2, -0.15) is 0 Å². The van der Waals surface area contributed by atoms with Crippen LogP contribution in [0.2, 0.25) is 0 Å². The van der Waals surface area contributed by atoms with Crippen molar-refractivity contribution >= 4 is 22.6 Å². The van der Waals surface area contributed by atoms with Gasteiger partial charge in [0.05, 0.1) is 0 Å². The van der Waals surface area contributed by atoms with Gasteiger partial charge in [0, 0.05) is 10.1 Å². The molecule has 2 rings (SSSR count). The van der Waals surface area contributed by atoms with E-state index in [2.05, 4.69) is 52.2 Å². The average molecular weight is 301 g/mol. The van der Waals surface area contributed by atoms with Crippen molar-refractivity contribution in [1.82, 2.24) is 5.32 Å². The lowest BCUT2D eigenvalue weighted by molar-refractivity contribution is 0.478. The second kappa shape index (κ2) is 4.19. The van der Waals surface area contributed by atoms with Crippen LogP contribution in [-0.2, 0) is 6.42 Å². The summed E-state index contributed by atoms with van der Waals surface area (Å²) < 4.78 is 1.32. The van der Waals surface area contributed by atoms with Crippen LogP contribution in [0.25, 0.3) is 0 Å². The predicted octanol–water partition coefficient (Wildman–Crippen LogP) is 2.83. The van der Waals surface area contributed by atoms with Crippen molar-refractivity contribution in [2.45, 2.75) is 19.3 Å². The molecule has 0 radical (unpaired) electrons. The summed E-state index contributed by atoms with van der Waals surface area (Å²) in [6.45, 7) is 1.17. The Balaban J connectivity index is 2.00. The van der Waals surface area contributed by atoms with Crippen LogP contribution in [0.4, 0.5) is 0 Å². The molecule has 0 aliphatic heterocycles. The molecule has 0 aromatic heterocycles. The first kappa shape index (κ1) is 10.4. The predicted molar refractivity (Wildman–Crippen MR) is 68.5 cm³/mol. The second-order valence-corrected chi connectivity index (χ2v) is 5.58. The van der Waals surface area contributed by atoms with Gasteiger partial charge in [-0.05, 0) is 72.0 Å². The highest BCUT2D eigenvalue weighted by molar-refractivity contribution is 14.1. The molecule has 0 unspecified atom stereocenters. The topological polar surface area (TPSA) is 12.0 Å². The summed E-state index contributed by atoms with van der Waals surface area (Å²) in [7, 11) is 2.05. The number of hydrogen-bond donors (Lipinski definition) is 1. The summed E-state index contributed by atoms with van der Waals surface area (Å²) in [6, 6.07) is 8.92. The van der Waals surface area contributed by atoms with Crippen molar-refractivity contribution in [3.8, 4) is 0 Å². The minimum atomic E-state index is 0.585. The lowest BCUT2D eigenvalue weighted by Gasteiger charge is -2.14. The zero-order valence-electron chi connectivity index (χ0n) is 8.52. The van der Waals surface area contributed by atoms with Gasteiger partial charge in [-0.25, -0.2) is 0 Å². The van der Waals surface area contributed by atoms with E-state index in [0.717, 1.165) is 0 Å². The lowest BCUT2D eigenvalue weighted by atomic mass is 9.96. The van der Waals surface area contributed by atoms with Gasteiger partial charge in [-0.15, -0.1) is 0 Å². The largest absolute Gasteiger partial charge is 0.319 e. The first-order valence-corrected chi connectivity index (χ1v) is 6.21. The third-order valence-corrected chi connectivity index (χ3v) is 3.72. The van der Waals surface area contributed by atoms with E-state index in [4.69, 9.17) is 0 Å². The number of rotatable bonds is 4. The van der Waals surface area contributed by atoms with E-state index >= 15 is 0 Å². The molecule has 1 N–H and O–H groups in total. The van der Waals surface area contributed by atoms with Gasteiger partial charge in [0.15, 0.2) is 0 Å². The van der Waals surface area contributed by atoms with E-state index < -0.39 is 0 Å². The van der Waals surface area contributed by atoms with Crippen LogP contribution in [-0.4, -0.2) is 13.6 Å². The van der Waals surface area contributed by atoms with Gasteiger partial charge in [-0.1, -0.05) is 12.1 Å². The molecule has 0 saturated heterocycles. The molecule has 0 heterocycles. The maximum atomic E-state index is 3.30. The Labute approximate surface area is 99.4 Å². The third kappa shape index (κ3) is 2.48. The molecule has 1 aromatic rings. The molecular formula is C12H16IN. The van der Waals surface area contributed by atoms with E-state index in [1.165, 1.54) is 34.9 Å². The number of halogens is 1. The monoisotopic (exact) mass is 301 g/mol. The normalized spacial score (nSPS) is 18.1. The highest BCUT2D eigenvalue weighted by Gasteiger charge is 2.41. The van der Waals surface area contributed by atoms with Crippen molar-refractivity contribution in [2.75, 3.05) is 13.6 Å². The molecule has 1 nitrogen and oxygen atoms in total. The second-order valence-electron chi connectivity index (χ2n) is 4.33. The Morgan fingerprint density at radius 2 is 1.93 bits per heavy atom. The van der Waals surface area contributed by atoms with Crippen molar-refractivity contribution in [1.29, 1.82) is 0 Å². The Hall–Kier alpha value is -0.0900. The van der Waals surface area contributed by atoms with Crippen LogP contribution in [0.1, 0.15) is 18.4 Å². The Kier molecular flexibility index (Phi) is 3.12. The molecule has 14 heavy (non-hydrogen) atoms. The van der Waals surface area contributed by atoms with E-state index in [1.54, 1.807) is 0 Å². The molecule has 0 atom stereocenters. The molecule has 1 saturated carbocycles. The maximum absolute atomic E-state index is 3.30. The van der Waals surface area contributed by atoms with Gasteiger partial charge < -0.3 is 5.32 Å². The summed E-state index contributed by atoms with van der Waals surface area (Å²) in [5.74, 6) is 0. The smallest absolute Gasteiger partial charge is 0.0130 e. The summed E-state index contributed by atoms with van der Waals surface area (Å²) >= 11 is 2.35. The fourth-order valence-corrected chi connectivity index (χ4v) is 2.36. The zero-order valence-corrected chi connectivity index (χ0v) is 10.7. The van der Waals surface area contributed by atoms with Crippen molar-refractivity contribution < 1.29 is 0 Å². The fourth-order valence-electron chi connectivity index (χ4n) is 2.00. The Morgan fingerprint density at radius 1 is 1.29 bits per heavy atom. The fraction of sp³-hybridized carbons (Fsp3) is 0.500. The quantitative estimate of drug-likeness (QED) is 0.843. The van der Waals surface area contributed by atoms with Gasteiger partial charge in [0.1, 0.15) is 0 Å². The van der Waals surface area contributed by atoms with Crippen molar-refractivity contribution in [3.05, 3.63) is 33.4 Å². The van der Waals surface area contributed by atoms with Gasteiger partial charge >= 0.3 is 0 Å². The number of benzene rings is 1. The molecule has 1 aliphatic carbocycles. The van der Waals surface area contributed by atoms with Crippen molar-refractivity contribution in [2.24, 2.45) is 5.41 Å². The molecule has 1 aromatic carbocycles. The van der Waals surface area contributed by atoms with E-state index in [9.17, 15) is 0 Å². The minimum Gasteiger partial charge on any atom is -0.319 e. The van der Waals surface area contributed by atoms with Crippen molar-refractivity contribution in [3.63, 3.8) is 0 Å². The summed E-state index contributed by atoms with van der Waals surface area (Å²) in [5.41, 5.74) is 2.07. The van der Waals surface area contributed by atoms with Crippen LogP contribution in [0, 0.1) is 8.99 Å². The highest BCUT2D eigenvalue weighted by atomic mass is 127. The Morgan fingerprint density at radius 3 is 2.43 bits per heavy atom. The molecule has 0 spiro atoms. The molecule has 0 amide bonds. The number of nitrogens with one attached hydrogen (secondary N) is 1. The van der Waals surface area contributed by atoms with Crippen LogP contribution >= 0.6 is 22.6 Å². The molecule has 2 heteroatoms. The molecule has 76 valence electrons. The van der Waals surface area contributed by atoms with Gasteiger partial charge in [0.25, 0.3) is 0 Å². The number of hydrogen-bond acceptors (Lipinski definition) is 1. The third-order valence-electron chi connectivity index (χ3n) is 3.00. The van der Waals surface area contributed by atoms with E-state index in [1.807, 2.05) is 7.05 Å². The van der Waals surface area contributed by atoms with Gasteiger partial charge in [-0.3, -0.25) is 0 Å². The molecular weight excluding hydrogens is 285 g/mol. The van der Waals surface area contributed by atoms with Crippen LogP contribution in [0.5, 0.6) is 0 Å². The van der Waals surface area contributed by atoms with E-state index in [0.29, 0.717) is 5.41 Å². The lowest BCUT2D eigenvalue weighted by Crippen LogP contribution is -2.21. The van der Waals surface area contributed by atoms with Crippen LogP contribution < -0.4 is 5.32 Å². The standard InChI is InChI=1S/C12H16IN/c1-14-9-12(6-7-12)8-10-2-4-11(13)5-3-10/h2-5,14H,6-9H2,1H3.